The van der Waals surface area contributed by atoms with Crippen molar-refractivity contribution in [2.24, 2.45) is 15.4 Å². The molecule has 2 heterocycles. The van der Waals surface area contributed by atoms with E-state index in [4.69, 9.17) is 19.5 Å². The summed E-state index contributed by atoms with van der Waals surface area (Å²) in [6.07, 6.45) is 5.45. The van der Waals surface area contributed by atoms with Crippen molar-refractivity contribution in [3.8, 4) is 0 Å². The molecule has 0 spiro atoms. The lowest BCUT2D eigenvalue weighted by atomic mass is 9.68. The second-order valence-electron chi connectivity index (χ2n) is 8.81. The van der Waals surface area contributed by atoms with E-state index < -0.39 is 0 Å². The van der Waals surface area contributed by atoms with Crippen LogP contribution in [-0.4, -0.2) is 24.0 Å². The highest BCUT2D eigenvalue weighted by molar-refractivity contribution is 6.07. The Labute approximate surface area is 164 Å². The SMILES string of the molecule is c1ccc2c(c1)C[C@H]1OC(C3(C4=N[C@@H]5c6ccccc6C[C@H]5O4)CCC3)=N[C@H]21. The number of rotatable bonds is 2. The summed E-state index contributed by atoms with van der Waals surface area (Å²) in [4.78, 5) is 10.2. The van der Waals surface area contributed by atoms with Gasteiger partial charge in [-0.1, -0.05) is 55.0 Å². The Bertz CT molecular complexity index is 973. The Morgan fingerprint density at radius 3 is 1.68 bits per heavy atom. The molecule has 4 nitrogen and oxygen atoms in total. The van der Waals surface area contributed by atoms with Gasteiger partial charge in [-0.05, 0) is 35.1 Å². The first kappa shape index (κ1) is 15.3. The van der Waals surface area contributed by atoms with E-state index in [2.05, 4.69) is 48.5 Å². The maximum absolute atomic E-state index is 6.47. The van der Waals surface area contributed by atoms with Crippen LogP contribution >= 0.6 is 0 Å². The number of fused-ring (bicyclic) bond motifs is 6. The second kappa shape index (κ2) is 5.25. The van der Waals surface area contributed by atoms with Crippen LogP contribution in [0.5, 0.6) is 0 Å². The third-order valence-electron chi connectivity index (χ3n) is 7.36. The maximum atomic E-state index is 6.47. The molecule has 5 aliphatic rings. The van der Waals surface area contributed by atoms with Gasteiger partial charge in [0.05, 0.1) is 0 Å². The van der Waals surface area contributed by atoms with Crippen molar-refractivity contribution in [1.29, 1.82) is 0 Å². The van der Waals surface area contributed by atoms with Crippen LogP contribution in [0.15, 0.2) is 58.5 Å². The predicted octanol–water partition coefficient (Wildman–Crippen LogP) is 4.35. The van der Waals surface area contributed by atoms with Crippen molar-refractivity contribution in [2.75, 3.05) is 0 Å². The Morgan fingerprint density at radius 2 is 1.21 bits per heavy atom. The molecule has 0 bridgehead atoms. The van der Waals surface area contributed by atoms with Crippen LogP contribution < -0.4 is 0 Å². The summed E-state index contributed by atoms with van der Waals surface area (Å²) in [7, 11) is 0. The smallest absolute Gasteiger partial charge is 0.200 e. The van der Waals surface area contributed by atoms with Crippen molar-refractivity contribution in [2.45, 2.75) is 56.4 Å². The maximum Gasteiger partial charge on any atom is 0.200 e. The quantitative estimate of drug-likeness (QED) is 0.789. The normalized spacial score (nSPS) is 32.9. The monoisotopic (exact) mass is 370 g/mol. The summed E-state index contributed by atoms with van der Waals surface area (Å²) in [6, 6.07) is 17.5. The number of nitrogens with zero attached hydrogens (tertiary/aromatic N) is 2. The van der Waals surface area contributed by atoms with Crippen molar-refractivity contribution >= 4 is 11.8 Å². The van der Waals surface area contributed by atoms with Crippen molar-refractivity contribution < 1.29 is 9.47 Å². The van der Waals surface area contributed by atoms with E-state index in [1.54, 1.807) is 0 Å². The fourth-order valence-corrected chi connectivity index (χ4v) is 5.71. The Balaban J connectivity index is 1.25. The summed E-state index contributed by atoms with van der Waals surface area (Å²) in [5.74, 6) is 1.77. The number of benzene rings is 2. The molecule has 3 aliphatic carbocycles. The van der Waals surface area contributed by atoms with Gasteiger partial charge >= 0.3 is 0 Å². The predicted molar refractivity (Wildman–Crippen MR) is 107 cm³/mol. The molecule has 4 atom stereocenters. The third-order valence-corrected chi connectivity index (χ3v) is 7.36. The average Bonchev–Trinajstić information content (AvgIpc) is 3.39. The van der Waals surface area contributed by atoms with Crippen molar-refractivity contribution in [1.82, 2.24) is 0 Å². The van der Waals surface area contributed by atoms with Crippen LogP contribution in [0.4, 0.5) is 0 Å². The summed E-state index contributed by atoms with van der Waals surface area (Å²) >= 11 is 0. The first-order valence-corrected chi connectivity index (χ1v) is 10.5. The Morgan fingerprint density at radius 1 is 0.714 bits per heavy atom. The minimum absolute atomic E-state index is 0.144. The highest BCUT2D eigenvalue weighted by Gasteiger charge is 2.57. The van der Waals surface area contributed by atoms with Crippen molar-refractivity contribution in [3.63, 3.8) is 0 Å². The minimum atomic E-state index is -0.224. The molecule has 4 heteroatoms. The van der Waals surface area contributed by atoms with E-state index >= 15 is 0 Å². The zero-order valence-corrected chi connectivity index (χ0v) is 15.7. The van der Waals surface area contributed by atoms with E-state index in [1.807, 2.05) is 0 Å². The van der Waals surface area contributed by atoms with Gasteiger partial charge in [-0.25, -0.2) is 9.98 Å². The summed E-state index contributed by atoms with van der Waals surface area (Å²) in [5.41, 5.74) is 5.19. The van der Waals surface area contributed by atoms with Crippen LogP contribution in [-0.2, 0) is 22.3 Å². The molecule has 2 aromatic carbocycles. The molecule has 7 rings (SSSR count). The molecule has 2 aliphatic heterocycles. The highest BCUT2D eigenvalue weighted by Crippen LogP contribution is 2.53. The van der Waals surface area contributed by atoms with E-state index in [0.29, 0.717) is 0 Å². The molecule has 2 aromatic rings. The number of ether oxygens (including phenoxy) is 2. The zero-order chi connectivity index (χ0) is 18.3. The molecule has 140 valence electrons. The fraction of sp³-hybridized carbons (Fsp3) is 0.417. The van der Waals surface area contributed by atoms with Crippen LogP contribution in [0.2, 0.25) is 0 Å². The molecule has 0 N–H and O–H groups in total. The summed E-state index contributed by atoms with van der Waals surface area (Å²) in [5, 5.41) is 0. The lowest BCUT2D eigenvalue weighted by molar-refractivity contribution is 0.135. The first-order chi connectivity index (χ1) is 13.8. The summed E-state index contributed by atoms with van der Waals surface area (Å²) < 4.78 is 12.9. The largest absolute Gasteiger partial charge is 0.474 e. The molecule has 0 radical (unpaired) electrons. The number of hydrogen-bond donors (Lipinski definition) is 0. The fourth-order valence-electron chi connectivity index (χ4n) is 5.71. The van der Waals surface area contributed by atoms with Crippen LogP contribution in [0, 0.1) is 5.41 Å². The lowest BCUT2D eigenvalue weighted by Crippen LogP contribution is -2.46. The van der Waals surface area contributed by atoms with Gasteiger partial charge in [-0.3, -0.25) is 0 Å². The minimum Gasteiger partial charge on any atom is -0.474 e. The molecular weight excluding hydrogens is 348 g/mol. The average molecular weight is 370 g/mol. The molecule has 1 saturated carbocycles. The summed E-state index contributed by atoms with van der Waals surface area (Å²) in [6.45, 7) is 0. The van der Waals surface area contributed by atoms with E-state index in [0.717, 1.165) is 37.5 Å². The molecule has 1 fully saturated rings. The molecular formula is C24H22N2O2. The Kier molecular flexibility index (Phi) is 2.87. The van der Waals surface area contributed by atoms with Crippen LogP contribution in [0.1, 0.15) is 53.6 Å². The highest BCUT2D eigenvalue weighted by atomic mass is 16.5. The third kappa shape index (κ3) is 1.86. The first-order valence-electron chi connectivity index (χ1n) is 10.5. The zero-order valence-electron chi connectivity index (χ0n) is 15.7. The second-order valence-corrected chi connectivity index (χ2v) is 8.81. The topological polar surface area (TPSA) is 43.2 Å². The standard InChI is InChI=1S/C24H22N2O2/c1-3-8-16-14(6-1)12-18-20(16)25-22(27-18)24(10-5-11-24)23-26-21-17-9-4-2-7-15(17)13-19(21)28-23/h1-4,6-9,18-21H,5,10-13H2/t18-,19-,20-,21-/m1/s1. The molecule has 28 heavy (non-hydrogen) atoms. The number of aliphatic imine (C=N–C) groups is 2. The number of hydrogen-bond acceptors (Lipinski definition) is 4. The van der Waals surface area contributed by atoms with Gasteiger partial charge < -0.3 is 9.47 Å². The van der Waals surface area contributed by atoms with Gasteiger partial charge in [0.1, 0.15) is 29.7 Å². The van der Waals surface area contributed by atoms with Gasteiger partial charge in [0, 0.05) is 12.8 Å². The molecule has 0 amide bonds. The molecule has 0 unspecified atom stereocenters. The Hall–Kier alpha value is -2.62. The van der Waals surface area contributed by atoms with E-state index in [9.17, 15) is 0 Å². The van der Waals surface area contributed by atoms with Crippen molar-refractivity contribution in [3.05, 3.63) is 70.8 Å². The van der Waals surface area contributed by atoms with Gasteiger partial charge in [0.2, 0.25) is 0 Å². The van der Waals surface area contributed by atoms with Gasteiger partial charge in [-0.15, -0.1) is 0 Å². The van der Waals surface area contributed by atoms with Gasteiger partial charge in [0.15, 0.2) is 11.8 Å². The lowest BCUT2D eigenvalue weighted by Gasteiger charge is -2.40. The van der Waals surface area contributed by atoms with Gasteiger partial charge in [-0.2, -0.15) is 0 Å². The molecule has 0 aromatic heterocycles. The van der Waals surface area contributed by atoms with E-state index in [1.165, 1.54) is 28.7 Å². The van der Waals surface area contributed by atoms with E-state index in [-0.39, 0.29) is 29.7 Å². The van der Waals surface area contributed by atoms with Gasteiger partial charge in [0.25, 0.3) is 0 Å². The van der Waals surface area contributed by atoms with Crippen LogP contribution in [0.3, 0.4) is 0 Å². The molecule has 0 saturated heterocycles. The van der Waals surface area contributed by atoms with Crippen LogP contribution in [0.25, 0.3) is 0 Å².